The summed E-state index contributed by atoms with van der Waals surface area (Å²) in [5.41, 5.74) is 5.77. The molecule has 0 aliphatic carbocycles. The third kappa shape index (κ3) is 4.47. The van der Waals surface area contributed by atoms with Crippen LogP contribution in [0.5, 0.6) is 0 Å². The molecule has 6 heteroatoms. The molecule has 110 valence electrons. The van der Waals surface area contributed by atoms with E-state index in [4.69, 9.17) is 5.73 Å². The SMILES string of the molecule is Nc1cc(C(=O)NCCSc2ccccc2)c(Br)cc1F. The van der Waals surface area contributed by atoms with Crippen molar-refractivity contribution in [2.45, 2.75) is 4.90 Å². The first-order valence-corrected chi connectivity index (χ1v) is 8.06. The number of benzene rings is 2. The van der Waals surface area contributed by atoms with Crippen molar-refractivity contribution >= 4 is 39.3 Å². The molecule has 21 heavy (non-hydrogen) atoms. The molecule has 0 aliphatic rings. The molecule has 0 aliphatic heterocycles. The van der Waals surface area contributed by atoms with Crippen molar-refractivity contribution in [3.05, 3.63) is 58.3 Å². The molecule has 3 nitrogen and oxygen atoms in total. The van der Waals surface area contributed by atoms with Crippen molar-refractivity contribution in [3.8, 4) is 0 Å². The Balaban J connectivity index is 1.86. The molecular weight excluding hydrogens is 355 g/mol. The lowest BCUT2D eigenvalue weighted by atomic mass is 10.2. The lowest BCUT2D eigenvalue weighted by Crippen LogP contribution is -2.26. The van der Waals surface area contributed by atoms with E-state index in [1.807, 2.05) is 30.3 Å². The molecule has 0 spiro atoms. The maximum absolute atomic E-state index is 13.2. The highest BCUT2D eigenvalue weighted by Crippen LogP contribution is 2.23. The monoisotopic (exact) mass is 368 g/mol. The van der Waals surface area contributed by atoms with Gasteiger partial charge in [-0.05, 0) is 40.2 Å². The Labute approximate surface area is 135 Å². The van der Waals surface area contributed by atoms with Crippen molar-refractivity contribution in [2.75, 3.05) is 18.0 Å². The van der Waals surface area contributed by atoms with Crippen LogP contribution < -0.4 is 11.1 Å². The fourth-order valence-electron chi connectivity index (χ4n) is 1.69. The number of halogens is 2. The van der Waals surface area contributed by atoms with Crippen LogP contribution in [-0.4, -0.2) is 18.2 Å². The molecule has 0 fully saturated rings. The van der Waals surface area contributed by atoms with Crippen LogP contribution in [0, 0.1) is 5.82 Å². The topological polar surface area (TPSA) is 55.1 Å². The van der Waals surface area contributed by atoms with Gasteiger partial charge in [-0.1, -0.05) is 18.2 Å². The molecular formula is C15H14BrFN2OS. The summed E-state index contributed by atoms with van der Waals surface area (Å²) < 4.78 is 13.6. The molecule has 0 bridgehead atoms. The predicted molar refractivity (Wildman–Crippen MR) is 88.0 cm³/mol. The zero-order valence-corrected chi connectivity index (χ0v) is 13.5. The Morgan fingerprint density at radius 1 is 1.29 bits per heavy atom. The van der Waals surface area contributed by atoms with Crippen LogP contribution in [0.2, 0.25) is 0 Å². The van der Waals surface area contributed by atoms with E-state index >= 15 is 0 Å². The van der Waals surface area contributed by atoms with Gasteiger partial charge in [0.15, 0.2) is 0 Å². The van der Waals surface area contributed by atoms with Gasteiger partial charge in [0.05, 0.1) is 11.3 Å². The lowest BCUT2D eigenvalue weighted by Gasteiger charge is -2.08. The van der Waals surface area contributed by atoms with Gasteiger partial charge in [-0.2, -0.15) is 0 Å². The summed E-state index contributed by atoms with van der Waals surface area (Å²) in [6.07, 6.45) is 0. The van der Waals surface area contributed by atoms with Gasteiger partial charge in [0.1, 0.15) is 5.82 Å². The second kappa shape index (κ2) is 7.47. The Kier molecular flexibility index (Phi) is 5.64. The normalized spacial score (nSPS) is 10.4. The molecule has 0 atom stereocenters. The third-order valence-corrected chi connectivity index (χ3v) is 4.40. The summed E-state index contributed by atoms with van der Waals surface area (Å²) in [5, 5.41) is 2.79. The number of amides is 1. The minimum absolute atomic E-state index is 0.0398. The van der Waals surface area contributed by atoms with Crippen LogP contribution in [0.15, 0.2) is 51.8 Å². The molecule has 3 N–H and O–H groups in total. The van der Waals surface area contributed by atoms with Gasteiger partial charge >= 0.3 is 0 Å². The maximum Gasteiger partial charge on any atom is 0.252 e. The summed E-state index contributed by atoms with van der Waals surface area (Å²) in [7, 11) is 0. The van der Waals surface area contributed by atoms with E-state index in [0.29, 0.717) is 16.6 Å². The van der Waals surface area contributed by atoms with Gasteiger partial charge in [0.25, 0.3) is 5.91 Å². The molecule has 0 unspecified atom stereocenters. The van der Waals surface area contributed by atoms with E-state index in [1.54, 1.807) is 11.8 Å². The average molecular weight is 369 g/mol. The highest BCUT2D eigenvalue weighted by Gasteiger charge is 2.12. The molecule has 2 aromatic carbocycles. The van der Waals surface area contributed by atoms with Gasteiger partial charge < -0.3 is 11.1 Å². The number of hydrogen-bond donors (Lipinski definition) is 2. The van der Waals surface area contributed by atoms with Gasteiger partial charge in [-0.3, -0.25) is 4.79 Å². The minimum Gasteiger partial charge on any atom is -0.396 e. The Morgan fingerprint density at radius 3 is 2.71 bits per heavy atom. The van der Waals surface area contributed by atoms with Crippen molar-refractivity contribution in [2.24, 2.45) is 0 Å². The highest BCUT2D eigenvalue weighted by atomic mass is 79.9. The Hall–Kier alpha value is -1.53. The van der Waals surface area contributed by atoms with E-state index in [0.717, 1.165) is 10.6 Å². The van der Waals surface area contributed by atoms with Gasteiger partial charge in [-0.25, -0.2) is 4.39 Å². The maximum atomic E-state index is 13.2. The summed E-state index contributed by atoms with van der Waals surface area (Å²) in [6, 6.07) is 12.5. The predicted octanol–water partition coefficient (Wildman–Crippen LogP) is 3.69. The standard InChI is InChI=1S/C15H14BrFN2OS/c16-12-9-13(17)14(18)8-11(12)15(20)19-6-7-21-10-4-2-1-3-5-10/h1-5,8-9H,6-7,18H2,(H,19,20). The number of nitrogen functional groups attached to an aromatic ring is 1. The molecule has 0 saturated heterocycles. The number of carbonyl (C=O) groups excluding carboxylic acids is 1. The molecule has 0 heterocycles. The number of thioether (sulfide) groups is 1. The summed E-state index contributed by atoms with van der Waals surface area (Å²) in [6.45, 7) is 0.516. The van der Waals surface area contributed by atoms with E-state index in [2.05, 4.69) is 21.2 Å². The second-order valence-electron chi connectivity index (χ2n) is 4.27. The number of hydrogen-bond acceptors (Lipinski definition) is 3. The van der Waals surface area contributed by atoms with Crippen molar-refractivity contribution in [1.82, 2.24) is 5.32 Å². The van der Waals surface area contributed by atoms with Crippen LogP contribution in [0.25, 0.3) is 0 Å². The zero-order chi connectivity index (χ0) is 15.2. The summed E-state index contributed by atoms with van der Waals surface area (Å²) in [4.78, 5) is 13.2. The van der Waals surface area contributed by atoms with Gasteiger partial charge in [0, 0.05) is 21.7 Å². The number of carbonyl (C=O) groups is 1. The molecule has 2 aromatic rings. The smallest absolute Gasteiger partial charge is 0.252 e. The van der Waals surface area contributed by atoms with E-state index < -0.39 is 5.82 Å². The zero-order valence-electron chi connectivity index (χ0n) is 11.1. The van der Waals surface area contributed by atoms with Crippen LogP contribution in [0.4, 0.5) is 10.1 Å². The molecule has 0 saturated carbocycles. The first-order chi connectivity index (χ1) is 10.1. The van der Waals surface area contributed by atoms with Crippen LogP contribution in [-0.2, 0) is 0 Å². The number of nitrogens with two attached hydrogens (primary N) is 1. The van der Waals surface area contributed by atoms with Crippen molar-refractivity contribution in [1.29, 1.82) is 0 Å². The first-order valence-electron chi connectivity index (χ1n) is 6.28. The third-order valence-electron chi connectivity index (χ3n) is 2.73. The van der Waals surface area contributed by atoms with Crippen LogP contribution in [0.1, 0.15) is 10.4 Å². The lowest BCUT2D eigenvalue weighted by molar-refractivity contribution is 0.0955. The Morgan fingerprint density at radius 2 is 2.00 bits per heavy atom. The van der Waals surface area contributed by atoms with Crippen LogP contribution >= 0.6 is 27.7 Å². The molecule has 2 rings (SSSR count). The highest BCUT2D eigenvalue weighted by molar-refractivity contribution is 9.10. The van der Waals surface area contributed by atoms with Crippen molar-refractivity contribution < 1.29 is 9.18 Å². The van der Waals surface area contributed by atoms with Crippen LogP contribution in [0.3, 0.4) is 0 Å². The summed E-state index contributed by atoms with van der Waals surface area (Å²) in [5.74, 6) is -0.0652. The summed E-state index contributed by atoms with van der Waals surface area (Å²) >= 11 is 4.82. The molecule has 0 aromatic heterocycles. The second-order valence-corrected chi connectivity index (χ2v) is 6.29. The van der Waals surface area contributed by atoms with Gasteiger partial charge in [0.2, 0.25) is 0 Å². The van der Waals surface area contributed by atoms with E-state index in [1.165, 1.54) is 12.1 Å². The van der Waals surface area contributed by atoms with Gasteiger partial charge in [-0.15, -0.1) is 11.8 Å². The average Bonchev–Trinajstić information content (AvgIpc) is 2.48. The number of nitrogens with one attached hydrogen (secondary N) is 1. The number of rotatable bonds is 5. The fourth-order valence-corrected chi connectivity index (χ4v) is 2.97. The van der Waals surface area contributed by atoms with Crippen molar-refractivity contribution in [3.63, 3.8) is 0 Å². The first kappa shape index (κ1) is 15.9. The minimum atomic E-state index is -0.543. The molecule has 0 radical (unpaired) electrons. The Bertz CT molecular complexity index is 637. The van der Waals surface area contributed by atoms with E-state index in [-0.39, 0.29) is 11.6 Å². The largest absolute Gasteiger partial charge is 0.396 e. The quantitative estimate of drug-likeness (QED) is 0.480. The number of anilines is 1. The molecule has 1 amide bonds. The van der Waals surface area contributed by atoms with E-state index in [9.17, 15) is 9.18 Å². The fraction of sp³-hybridized carbons (Fsp3) is 0.133.